The van der Waals surface area contributed by atoms with E-state index in [1.54, 1.807) is 0 Å². The molecule has 2 heterocycles. The van der Waals surface area contributed by atoms with Crippen LogP contribution in [0.2, 0.25) is 0 Å². The first-order valence-corrected chi connectivity index (χ1v) is 9.70. The first-order chi connectivity index (χ1) is 11.5. The van der Waals surface area contributed by atoms with E-state index in [1.807, 2.05) is 0 Å². The fourth-order valence-electron chi connectivity index (χ4n) is 3.00. The van der Waals surface area contributed by atoms with E-state index in [1.165, 1.54) is 25.6 Å². The molecule has 12 heteroatoms. The number of hydrogen-bond acceptors (Lipinski definition) is 7. The van der Waals surface area contributed by atoms with Crippen LogP contribution in [0.1, 0.15) is 20.3 Å². The van der Waals surface area contributed by atoms with Gasteiger partial charge >= 0.3 is 16.4 Å². The molecule has 0 aromatic carbocycles. The second-order valence-corrected chi connectivity index (χ2v) is 7.88. The number of fused-ring (bicyclic) bond motifs is 1. The molecule has 2 rings (SSSR count). The molecule has 0 saturated carbocycles. The highest BCUT2D eigenvalue weighted by Crippen LogP contribution is 2.47. The Morgan fingerprint density at radius 1 is 1.48 bits per heavy atom. The second kappa shape index (κ2) is 7.32. The highest BCUT2D eigenvalue weighted by atomic mass is 32.3. The quantitative estimate of drug-likeness (QED) is 0.283. The first-order valence-electron chi connectivity index (χ1n) is 7.35. The van der Waals surface area contributed by atoms with Gasteiger partial charge in [-0.2, -0.15) is 8.42 Å². The highest BCUT2D eigenvalue weighted by molar-refractivity contribution is 8.03. The SMILES string of the molecule is CC(=O)NCCSC1=C(C(=O)O)N2C(=O)C([C@H](C)OS(=O)(=O)O)C2C1. The van der Waals surface area contributed by atoms with E-state index in [-0.39, 0.29) is 18.0 Å². The Morgan fingerprint density at radius 3 is 2.64 bits per heavy atom. The van der Waals surface area contributed by atoms with Gasteiger partial charge < -0.3 is 15.3 Å². The van der Waals surface area contributed by atoms with Crippen LogP contribution in [-0.4, -0.2) is 65.2 Å². The van der Waals surface area contributed by atoms with Gasteiger partial charge in [0.05, 0.1) is 18.1 Å². The Morgan fingerprint density at radius 2 is 2.12 bits per heavy atom. The largest absolute Gasteiger partial charge is 0.477 e. The molecule has 0 aliphatic carbocycles. The third-order valence-corrected chi connectivity index (χ3v) is 5.57. The van der Waals surface area contributed by atoms with Crippen molar-refractivity contribution in [2.24, 2.45) is 5.92 Å². The molecule has 1 fully saturated rings. The molecule has 2 aliphatic heterocycles. The third kappa shape index (κ3) is 4.32. The molecule has 3 atom stereocenters. The van der Waals surface area contributed by atoms with Crippen LogP contribution in [-0.2, 0) is 29.0 Å². The van der Waals surface area contributed by atoms with Crippen LogP contribution in [0.5, 0.6) is 0 Å². The van der Waals surface area contributed by atoms with E-state index < -0.39 is 40.3 Å². The van der Waals surface area contributed by atoms with Crippen molar-refractivity contribution >= 4 is 39.9 Å². The number of nitrogens with one attached hydrogen (secondary N) is 1. The lowest BCUT2D eigenvalue weighted by atomic mass is 9.83. The monoisotopic (exact) mass is 394 g/mol. The van der Waals surface area contributed by atoms with Gasteiger partial charge in [0.25, 0.3) is 0 Å². The average molecular weight is 394 g/mol. The number of rotatable bonds is 8. The van der Waals surface area contributed by atoms with Crippen LogP contribution >= 0.6 is 11.8 Å². The molecule has 0 aromatic rings. The minimum atomic E-state index is -4.71. The maximum absolute atomic E-state index is 12.3. The summed E-state index contributed by atoms with van der Waals surface area (Å²) in [4.78, 5) is 36.2. The standard InChI is InChI=1S/C13H18N2O8S2/c1-6(23-25(20,21)22)10-8-5-9(24-4-3-14-7(2)16)11(13(18)19)15(8)12(10)17/h6,8,10H,3-5H2,1-2H3,(H,14,16)(H,18,19)(H,20,21,22)/t6-,8?,10?/m0/s1. The van der Waals surface area contributed by atoms with Crippen molar-refractivity contribution in [2.45, 2.75) is 32.4 Å². The van der Waals surface area contributed by atoms with Gasteiger partial charge in [0, 0.05) is 30.5 Å². The van der Waals surface area contributed by atoms with E-state index in [9.17, 15) is 27.9 Å². The normalized spacial score (nSPS) is 24.0. The summed E-state index contributed by atoms with van der Waals surface area (Å²) < 4.78 is 34.8. The summed E-state index contributed by atoms with van der Waals surface area (Å²) in [7, 11) is -4.71. The van der Waals surface area contributed by atoms with Gasteiger partial charge in [0.15, 0.2) is 0 Å². The number of nitrogens with zero attached hydrogens (tertiary/aromatic N) is 1. The zero-order valence-corrected chi connectivity index (χ0v) is 15.1. The van der Waals surface area contributed by atoms with Gasteiger partial charge in [-0.25, -0.2) is 8.98 Å². The Labute approximate surface area is 148 Å². The lowest BCUT2D eigenvalue weighted by molar-refractivity contribution is -0.160. The van der Waals surface area contributed by atoms with Crippen molar-refractivity contribution in [2.75, 3.05) is 12.3 Å². The number of β-lactam (4-membered cyclic amide) rings is 1. The third-order valence-electron chi connectivity index (χ3n) is 3.90. The fourth-order valence-corrected chi connectivity index (χ4v) is 4.56. The van der Waals surface area contributed by atoms with Gasteiger partial charge in [0.2, 0.25) is 11.8 Å². The summed E-state index contributed by atoms with van der Waals surface area (Å²) in [5.74, 6) is -2.43. The van der Waals surface area contributed by atoms with E-state index in [0.717, 1.165) is 4.90 Å². The van der Waals surface area contributed by atoms with Gasteiger partial charge in [-0.15, -0.1) is 11.8 Å². The van der Waals surface area contributed by atoms with Gasteiger partial charge in [-0.1, -0.05) is 0 Å². The molecule has 2 amide bonds. The number of carboxylic acids is 1. The van der Waals surface area contributed by atoms with Crippen LogP contribution in [0.4, 0.5) is 0 Å². The van der Waals surface area contributed by atoms with E-state index in [4.69, 9.17) is 4.55 Å². The van der Waals surface area contributed by atoms with Crippen molar-refractivity contribution in [1.29, 1.82) is 0 Å². The Hall–Kier alpha value is -1.63. The zero-order chi connectivity index (χ0) is 18.9. The molecule has 1 saturated heterocycles. The Balaban J connectivity index is 2.08. The molecule has 0 radical (unpaired) electrons. The van der Waals surface area contributed by atoms with E-state index in [0.29, 0.717) is 17.2 Å². The minimum Gasteiger partial charge on any atom is -0.477 e. The van der Waals surface area contributed by atoms with Gasteiger partial charge in [-0.3, -0.25) is 14.1 Å². The summed E-state index contributed by atoms with van der Waals surface area (Å²) in [6, 6.07) is -0.529. The summed E-state index contributed by atoms with van der Waals surface area (Å²) in [6.45, 7) is 3.05. The fraction of sp³-hybridized carbons (Fsp3) is 0.615. The van der Waals surface area contributed by atoms with Crippen molar-refractivity contribution < 1.29 is 36.6 Å². The van der Waals surface area contributed by atoms with Crippen molar-refractivity contribution in [1.82, 2.24) is 10.2 Å². The summed E-state index contributed by atoms with van der Waals surface area (Å²) in [5, 5.41) is 12.0. The number of thioether (sulfide) groups is 1. The topological polar surface area (TPSA) is 150 Å². The Bertz CT molecular complexity index is 732. The average Bonchev–Trinajstić information content (AvgIpc) is 2.76. The number of carbonyl (C=O) groups is 3. The molecular formula is C13H18N2O8S2. The van der Waals surface area contributed by atoms with Gasteiger partial charge in [-0.05, 0) is 6.92 Å². The van der Waals surface area contributed by atoms with Gasteiger partial charge in [0.1, 0.15) is 5.70 Å². The molecule has 0 aromatic heterocycles. The maximum atomic E-state index is 12.3. The molecule has 10 nitrogen and oxygen atoms in total. The lowest BCUT2D eigenvalue weighted by Crippen LogP contribution is -2.62. The maximum Gasteiger partial charge on any atom is 0.397 e. The first kappa shape index (κ1) is 19.7. The second-order valence-electron chi connectivity index (χ2n) is 5.64. The summed E-state index contributed by atoms with van der Waals surface area (Å²) >= 11 is 1.22. The van der Waals surface area contributed by atoms with Crippen LogP contribution in [0, 0.1) is 5.92 Å². The number of carboxylic acid groups (broad SMARTS) is 1. The molecule has 2 unspecified atom stereocenters. The van der Waals surface area contributed by atoms with Crippen LogP contribution in [0.3, 0.4) is 0 Å². The predicted molar refractivity (Wildman–Crippen MR) is 86.6 cm³/mol. The zero-order valence-electron chi connectivity index (χ0n) is 13.5. The number of carbonyl (C=O) groups excluding carboxylic acids is 2. The molecule has 0 spiro atoms. The summed E-state index contributed by atoms with van der Waals surface area (Å²) in [6.07, 6.45) is -0.857. The Kier molecular flexibility index (Phi) is 5.76. The van der Waals surface area contributed by atoms with Crippen LogP contribution in [0.25, 0.3) is 0 Å². The number of amides is 2. The number of aliphatic carboxylic acids is 1. The minimum absolute atomic E-state index is 0.127. The van der Waals surface area contributed by atoms with Crippen LogP contribution < -0.4 is 5.32 Å². The predicted octanol–water partition coefficient (Wildman–Crippen LogP) is -0.409. The van der Waals surface area contributed by atoms with Crippen molar-refractivity contribution in [3.05, 3.63) is 10.6 Å². The van der Waals surface area contributed by atoms with E-state index in [2.05, 4.69) is 9.50 Å². The molecule has 2 aliphatic rings. The molecule has 0 bridgehead atoms. The lowest BCUT2D eigenvalue weighted by Gasteiger charge is -2.45. The van der Waals surface area contributed by atoms with Crippen LogP contribution in [0.15, 0.2) is 10.6 Å². The molecule has 140 valence electrons. The molecular weight excluding hydrogens is 376 g/mol. The number of hydrogen-bond donors (Lipinski definition) is 3. The smallest absolute Gasteiger partial charge is 0.397 e. The van der Waals surface area contributed by atoms with Crippen molar-refractivity contribution in [3.63, 3.8) is 0 Å². The summed E-state index contributed by atoms with van der Waals surface area (Å²) in [5.41, 5.74) is -0.127. The molecule has 25 heavy (non-hydrogen) atoms. The van der Waals surface area contributed by atoms with Crippen molar-refractivity contribution in [3.8, 4) is 0 Å². The highest BCUT2D eigenvalue weighted by Gasteiger charge is 2.57. The van der Waals surface area contributed by atoms with E-state index >= 15 is 0 Å². The molecule has 3 N–H and O–H groups in total.